The van der Waals surface area contributed by atoms with Gasteiger partial charge in [0.05, 0.1) is 4.92 Å². The topological polar surface area (TPSA) is 63.4 Å². The number of hydrogen-bond donors (Lipinski definition) is 0. The van der Waals surface area contributed by atoms with Gasteiger partial charge in [0.2, 0.25) is 0 Å². The second-order valence-electron chi connectivity index (χ2n) is 5.63. The van der Waals surface area contributed by atoms with Crippen molar-refractivity contribution >= 4 is 23.4 Å². The van der Waals surface area contributed by atoms with Crippen LogP contribution in [-0.4, -0.2) is 34.6 Å². The molecule has 1 amide bonds. The number of para-hydroxylation sites is 1. The van der Waals surface area contributed by atoms with Gasteiger partial charge < -0.3 is 4.90 Å². The molecule has 1 heterocycles. The molecule has 0 aromatic heterocycles. The fourth-order valence-electron chi connectivity index (χ4n) is 2.89. The molecule has 1 aliphatic heterocycles. The number of carbonyl (C=O) groups is 1. The first-order valence-electron chi connectivity index (χ1n) is 7.86. The van der Waals surface area contributed by atoms with Gasteiger partial charge in [-0.3, -0.25) is 14.9 Å². The highest BCUT2D eigenvalue weighted by molar-refractivity contribution is 7.99. The van der Waals surface area contributed by atoms with Crippen molar-refractivity contribution in [3.05, 3.63) is 75.8 Å². The average molecular weight is 342 g/mol. The van der Waals surface area contributed by atoms with Gasteiger partial charge in [0.25, 0.3) is 11.6 Å². The molecule has 1 atom stereocenters. The van der Waals surface area contributed by atoms with E-state index < -0.39 is 4.92 Å². The van der Waals surface area contributed by atoms with Crippen LogP contribution in [0.3, 0.4) is 0 Å². The fourth-order valence-corrected chi connectivity index (χ4v) is 4.12. The Hall–Kier alpha value is -2.34. The lowest BCUT2D eigenvalue weighted by atomic mass is 10.1. The van der Waals surface area contributed by atoms with E-state index in [1.807, 2.05) is 30.0 Å². The summed E-state index contributed by atoms with van der Waals surface area (Å²) in [6.07, 6.45) is 0.848. The van der Waals surface area contributed by atoms with Crippen molar-refractivity contribution in [3.63, 3.8) is 0 Å². The molecule has 0 N–H and O–H groups in total. The molecule has 0 aliphatic carbocycles. The number of hydrogen-bond acceptors (Lipinski definition) is 4. The van der Waals surface area contributed by atoms with Crippen molar-refractivity contribution in [1.82, 2.24) is 4.90 Å². The smallest absolute Gasteiger partial charge is 0.282 e. The molecule has 1 unspecified atom stereocenters. The minimum atomic E-state index is -0.493. The van der Waals surface area contributed by atoms with Crippen LogP contribution in [0.4, 0.5) is 5.69 Å². The lowest BCUT2D eigenvalue weighted by Gasteiger charge is -2.20. The van der Waals surface area contributed by atoms with Crippen LogP contribution in [0.2, 0.25) is 0 Å². The lowest BCUT2D eigenvalue weighted by Crippen LogP contribution is -2.33. The molecule has 0 saturated carbocycles. The molecule has 6 heteroatoms. The summed E-state index contributed by atoms with van der Waals surface area (Å²) in [5.41, 5.74) is 1.31. The molecule has 24 heavy (non-hydrogen) atoms. The molecule has 1 fully saturated rings. The van der Waals surface area contributed by atoms with Crippen LogP contribution in [0.25, 0.3) is 0 Å². The molecular formula is C18H18N2O3S. The third-order valence-corrected chi connectivity index (χ3v) is 5.46. The van der Waals surface area contributed by atoms with E-state index in [4.69, 9.17) is 0 Å². The maximum atomic E-state index is 12.7. The van der Waals surface area contributed by atoms with E-state index in [2.05, 4.69) is 12.1 Å². The van der Waals surface area contributed by atoms with Crippen LogP contribution < -0.4 is 0 Å². The summed E-state index contributed by atoms with van der Waals surface area (Å²) in [6, 6.07) is 16.4. The van der Waals surface area contributed by atoms with Gasteiger partial charge in [-0.1, -0.05) is 42.5 Å². The number of nitro benzene ring substituents is 1. The summed E-state index contributed by atoms with van der Waals surface area (Å²) in [5.74, 6) is 0.572. The van der Waals surface area contributed by atoms with E-state index in [1.54, 1.807) is 17.0 Å². The van der Waals surface area contributed by atoms with Gasteiger partial charge in [0.1, 0.15) is 5.56 Å². The van der Waals surface area contributed by atoms with Crippen molar-refractivity contribution in [2.24, 2.45) is 0 Å². The Morgan fingerprint density at radius 3 is 2.54 bits per heavy atom. The highest BCUT2D eigenvalue weighted by Gasteiger charge is 2.27. The quantitative estimate of drug-likeness (QED) is 0.626. The lowest BCUT2D eigenvalue weighted by molar-refractivity contribution is -0.385. The number of thioether (sulfide) groups is 1. The van der Waals surface area contributed by atoms with Crippen molar-refractivity contribution in [3.8, 4) is 0 Å². The van der Waals surface area contributed by atoms with Crippen molar-refractivity contribution in [1.29, 1.82) is 0 Å². The first-order valence-corrected chi connectivity index (χ1v) is 8.91. The number of nitro groups is 1. The number of amides is 1. The van der Waals surface area contributed by atoms with Crippen molar-refractivity contribution in [2.45, 2.75) is 11.7 Å². The van der Waals surface area contributed by atoms with Crippen molar-refractivity contribution < 1.29 is 9.72 Å². The normalized spacial score (nSPS) is 18.0. The van der Waals surface area contributed by atoms with Crippen LogP contribution in [0.1, 0.15) is 27.6 Å². The molecule has 5 nitrogen and oxygen atoms in total. The molecule has 0 bridgehead atoms. The van der Waals surface area contributed by atoms with Crippen LogP contribution in [0.5, 0.6) is 0 Å². The summed E-state index contributed by atoms with van der Waals surface area (Å²) in [6.45, 7) is 1.22. The van der Waals surface area contributed by atoms with E-state index >= 15 is 0 Å². The second-order valence-corrected chi connectivity index (χ2v) is 6.94. The van der Waals surface area contributed by atoms with E-state index in [-0.39, 0.29) is 17.2 Å². The van der Waals surface area contributed by atoms with Gasteiger partial charge in [0.15, 0.2) is 0 Å². The molecular weight excluding hydrogens is 324 g/mol. The highest BCUT2D eigenvalue weighted by Crippen LogP contribution is 2.34. The van der Waals surface area contributed by atoms with Crippen molar-refractivity contribution in [2.75, 3.05) is 18.8 Å². The van der Waals surface area contributed by atoms with Gasteiger partial charge in [-0.15, -0.1) is 0 Å². The van der Waals surface area contributed by atoms with Crippen LogP contribution in [0, 0.1) is 10.1 Å². The standard InChI is InChI=1S/C18H18N2O3S/c21-18(15-8-4-5-9-16(15)20(22)23)19-11-10-17(24-13-12-19)14-6-2-1-3-7-14/h1-9,17H,10-13H2. The summed E-state index contributed by atoms with van der Waals surface area (Å²) in [4.78, 5) is 25.1. The molecule has 0 spiro atoms. The monoisotopic (exact) mass is 342 g/mol. The number of benzene rings is 2. The van der Waals surface area contributed by atoms with E-state index in [1.165, 1.54) is 17.7 Å². The predicted octanol–water partition coefficient (Wildman–Crippen LogP) is 3.92. The Labute approximate surface area is 144 Å². The maximum Gasteiger partial charge on any atom is 0.282 e. The Bertz CT molecular complexity index is 736. The van der Waals surface area contributed by atoms with Gasteiger partial charge in [0, 0.05) is 30.2 Å². The fraction of sp³-hybridized carbons (Fsp3) is 0.278. The first-order chi connectivity index (χ1) is 11.7. The van der Waals surface area contributed by atoms with Gasteiger partial charge in [-0.25, -0.2) is 0 Å². The summed E-state index contributed by atoms with van der Waals surface area (Å²) < 4.78 is 0. The van der Waals surface area contributed by atoms with Gasteiger partial charge in [-0.05, 0) is 18.1 Å². The largest absolute Gasteiger partial charge is 0.338 e. The zero-order valence-electron chi connectivity index (χ0n) is 13.1. The Morgan fingerprint density at radius 1 is 1.08 bits per heavy atom. The molecule has 2 aromatic rings. The highest BCUT2D eigenvalue weighted by atomic mass is 32.2. The SMILES string of the molecule is O=C(c1ccccc1[N+](=O)[O-])N1CCSC(c2ccccc2)CC1. The van der Waals surface area contributed by atoms with Crippen LogP contribution in [0.15, 0.2) is 54.6 Å². The van der Waals surface area contributed by atoms with E-state index in [9.17, 15) is 14.9 Å². The molecule has 3 rings (SSSR count). The Morgan fingerprint density at radius 2 is 1.79 bits per heavy atom. The van der Waals surface area contributed by atoms with E-state index in [0.29, 0.717) is 18.3 Å². The second kappa shape index (κ2) is 7.49. The van der Waals surface area contributed by atoms with Crippen LogP contribution in [-0.2, 0) is 0 Å². The number of nitrogens with zero attached hydrogens (tertiary/aromatic N) is 2. The Kier molecular flexibility index (Phi) is 5.15. The molecule has 2 aromatic carbocycles. The molecule has 1 aliphatic rings. The summed E-state index contributed by atoms with van der Waals surface area (Å²) in [5, 5.41) is 11.5. The predicted molar refractivity (Wildman–Crippen MR) is 95.3 cm³/mol. The Balaban J connectivity index is 1.75. The molecule has 124 valence electrons. The molecule has 0 radical (unpaired) electrons. The third-order valence-electron chi connectivity index (χ3n) is 4.13. The minimum Gasteiger partial charge on any atom is -0.338 e. The number of carbonyl (C=O) groups excluding carboxylic acids is 1. The summed E-state index contributed by atoms with van der Waals surface area (Å²) >= 11 is 1.84. The van der Waals surface area contributed by atoms with Crippen LogP contribution >= 0.6 is 11.8 Å². The maximum absolute atomic E-state index is 12.7. The van der Waals surface area contributed by atoms with E-state index in [0.717, 1.165) is 12.2 Å². The third kappa shape index (κ3) is 3.59. The average Bonchev–Trinajstić information content (AvgIpc) is 2.88. The molecule has 1 saturated heterocycles. The number of rotatable bonds is 3. The zero-order chi connectivity index (χ0) is 16.9. The minimum absolute atomic E-state index is 0.126. The first kappa shape index (κ1) is 16.5. The van der Waals surface area contributed by atoms with Gasteiger partial charge >= 0.3 is 0 Å². The summed E-state index contributed by atoms with van der Waals surface area (Å²) in [7, 11) is 0. The van der Waals surface area contributed by atoms with Gasteiger partial charge in [-0.2, -0.15) is 11.8 Å². The zero-order valence-corrected chi connectivity index (χ0v) is 13.9.